The van der Waals surface area contributed by atoms with Gasteiger partial charge in [0.2, 0.25) is 5.82 Å². The van der Waals surface area contributed by atoms with E-state index >= 15 is 0 Å². The van der Waals surface area contributed by atoms with E-state index in [1.807, 2.05) is 24.3 Å². The van der Waals surface area contributed by atoms with E-state index in [4.69, 9.17) is 4.74 Å². The number of hydrogen-bond donors (Lipinski definition) is 1. The molecule has 0 aromatic heterocycles. The van der Waals surface area contributed by atoms with Crippen LogP contribution in [0.3, 0.4) is 0 Å². The van der Waals surface area contributed by atoms with Crippen molar-refractivity contribution in [2.75, 3.05) is 6.61 Å². The second kappa shape index (κ2) is 9.53. The van der Waals surface area contributed by atoms with Gasteiger partial charge in [0.05, 0.1) is 12.2 Å². The van der Waals surface area contributed by atoms with Crippen LogP contribution in [0, 0.1) is 11.6 Å². The number of ketones is 1. The Hall–Kier alpha value is -3.21. The van der Waals surface area contributed by atoms with Crippen molar-refractivity contribution in [3.8, 4) is 22.6 Å². The van der Waals surface area contributed by atoms with Gasteiger partial charge in [-0.05, 0) is 53.8 Å². The number of Topliss-reactive ketones (excluding diaryl/α,β-unsaturated/α-hetero) is 1. The summed E-state index contributed by atoms with van der Waals surface area (Å²) in [7, 11) is 0. The van der Waals surface area contributed by atoms with Crippen molar-refractivity contribution in [1.82, 2.24) is 0 Å². The summed E-state index contributed by atoms with van der Waals surface area (Å²) in [4.78, 5) is 12.5. The number of ether oxygens (including phenoxy) is 1. The molecule has 5 heteroatoms. The molecule has 0 saturated carbocycles. The Kier molecular flexibility index (Phi) is 6.83. The van der Waals surface area contributed by atoms with E-state index in [1.54, 1.807) is 19.1 Å². The first kappa shape index (κ1) is 21.5. The Labute approximate surface area is 175 Å². The number of hydrogen-bond acceptors (Lipinski definition) is 3. The second-order valence-electron chi connectivity index (χ2n) is 7.06. The fourth-order valence-corrected chi connectivity index (χ4v) is 3.33. The highest BCUT2D eigenvalue weighted by Gasteiger charge is 2.20. The summed E-state index contributed by atoms with van der Waals surface area (Å²) in [5.74, 6) is -3.01. The lowest BCUT2D eigenvalue weighted by Crippen LogP contribution is -2.07. The summed E-state index contributed by atoms with van der Waals surface area (Å²) < 4.78 is 33.9. The molecule has 0 aliphatic heterocycles. The van der Waals surface area contributed by atoms with E-state index in [2.05, 4.69) is 6.92 Å². The molecular formula is C25H24F2O3. The third kappa shape index (κ3) is 4.67. The van der Waals surface area contributed by atoms with Crippen LogP contribution in [-0.4, -0.2) is 17.5 Å². The van der Waals surface area contributed by atoms with Crippen molar-refractivity contribution in [2.24, 2.45) is 0 Å². The molecular weight excluding hydrogens is 386 g/mol. The molecule has 30 heavy (non-hydrogen) atoms. The lowest BCUT2D eigenvalue weighted by atomic mass is 9.97. The lowest BCUT2D eigenvalue weighted by Gasteiger charge is -2.10. The van der Waals surface area contributed by atoms with Crippen LogP contribution >= 0.6 is 0 Å². The van der Waals surface area contributed by atoms with Crippen LogP contribution in [0.4, 0.5) is 8.78 Å². The molecule has 3 aromatic rings. The molecule has 0 aliphatic carbocycles. The van der Waals surface area contributed by atoms with Crippen LogP contribution in [0.25, 0.3) is 11.1 Å². The quantitative estimate of drug-likeness (QED) is 0.456. The SMILES string of the molecule is CCCc1ccc(-c2ccc(CC(=O)c3ccc(OCC)c(F)c3O)c(F)c2)cc1. The fraction of sp³-hybridized carbons (Fsp3) is 0.240. The summed E-state index contributed by atoms with van der Waals surface area (Å²) in [6.07, 6.45) is 1.77. The smallest absolute Gasteiger partial charge is 0.207 e. The zero-order chi connectivity index (χ0) is 21.7. The average molecular weight is 410 g/mol. The normalized spacial score (nSPS) is 10.8. The lowest BCUT2D eigenvalue weighted by molar-refractivity contribution is 0.0988. The van der Waals surface area contributed by atoms with Crippen molar-refractivity contribution in [2.45, 2.75) is 33.1 Å². The van der Waals surface area contributed by atoms with Crippen LogP contribution in [-0.2, 0) is 12.8 Å². The van der Waals surface area contributed by atoms with Crippen LogP contribution in [0.1, 0.15) is 41.8 Å². The molecule has 0 fully saturated rings. The third-order valence-electron chi connectivity index (χ3n) is 4.91. The zero-order valence-corrected chi connectivity index (χ0v) is 17.0. The first-order valence-corrected chi connectivity index (χ1v) is 9.99. The Morgan fingerprint density at radius 3 is 2.30 bits per heavy atom. The van der Waals surface area contributed by atoms with Crippen molar-refractivity contribution >= 4 is 5.78 Å². The topological polar surface area (TPSA) is 46.5 Å². The van der Waals surface area contributed by atoms with E-state index < -0.39 is 23.2 Å². The molecule has 0 aliphatic rings. The summed E-state index contributed by atoms with van der Waals surface area (Å²) in [5.41, 5.74) is 2.80. The Morgan fingerprint density at radius 2 is 1.67 bits per heavy atom. The van der Waals surface area contributed by atoms with Gasteiger partial charge in [0.15, 0.2) is 17.3 Å². The van der Waals surface area contributed by atoms with Crippen molar-refractivity contribution in [3.05, 3.63) is 82.9 Å². The highest BCUT2D eigenvalue weighted by Crippen LogP contribution is 2.31. The van der Waals surface area contributed by atoms with Crippen LogP contribution < -0.4 is 4.74 Å². The highest BCUT2D eigenvalue weighted by molar-refractivity contribution is 6.00. The van der Waals surface area contributed by atoms with Gasteiger partial charge in [-0.3, -0.25) is 4.79 Å². The highest BCUT2D eigenvalue weighted by atomic mass is 19.1. The molecule has 1 N–H and O–H groups in total. The molecule has 0 bridgehead atoms. The molecule has 0 radical (unpaired) electrons. The Bertz CT molecular complexity index is 1040. The van der Waals surface area contributed by atoms with Crippen LogP contribution in [0.5, 0.6) is 11.5 Å². The number of aromatic hydroxyl groups is 1. The number of aryl methyl sites for hydroxylation is 1. The van der Waals surface area contributed by atoms with Crippen LogP contribution in [0.15, 0.2) is 54.6 Å². The molecule has 0 atom stereocenters. The predicted octanol–water partition coefficient (Wildman–Crippen LogP) is 6.11. The average Bonchev–Trinajstić information content (AvgIpc) is 2.74. The summed E-state index contributed by atoms with van der Waals surface area (Å²) in [5, 5.41) is 10.0. The van der Waals surface area contributed by atoms with E-state index in [9.17, 15) is 18.7 Å². The maximum Gasteiger partial charge on any atom is 0.207 e. The van der Waals surface area contributed by atoms with E-state index in [0.717, 1.165) is 18.4 Å². The van der Waals surface area contributed by atoms with Gasteiger partial charge in [0.1, 0.15) is 5.82 Å². The van der Waals surface area contributed by atoms with Gasteiger partial charge in [0, 0.05) is 6.42 Å². The zero-order valence-electron chi connectivity index (χ0n) is 17.0. The minimum atomic E-state index is -0.995. The van der Waals surface area contributed by atoms with Gasteiger partial charge in [-0.2, -0.15) is 4.39 Å². The molecule has 3 nitrogen and oxygen atoms in total. The number of halogens is 2. The number of phenols is 1. The number of rotatable bonds is 8. The first-order valence-electron chi connectivity index (χ1n) is 9.99. The molecule has 0 spiro atoms. The largest absolute Gasteiger partial charge is 0.504 e. The standard InChI is InChI=1S/C25H24F2O3/c1-3-5-16-6-8-17(9-7-16)18-10-11-19(21(26)14-18)15-22(28)20-12-13-23(30-4-2)24(27)25(20)29/h6-14,29H,3-5,15H2,1-2H3. The van der Waals surface area contributed by atoms with Crippen LogP contribution in [0.2, 0.25) is 0 Å². The molecule has 3 aromatic carbocycles. The number of benzene rings is 3. The first-order chi connectivity index (χ1) is 14.4. The van der Waals surface area contributed by atoms with E-state index in [0.29, 0.717) is 5.56 Å². The molecule has 0 heterocycles. The van der Waals surface area contributed by atoms with E-state index in [1.165, 1.54) is 23.8 Å². The van der Waals surface area contributed by atoms with Crippen molar-refractivity contribution in [3.63, 3.8) is 0 Å². The molecule has 0 saturated heterocycles. The second-order valence-corrected chi connectivity index (χ2v) is 7.06. The summed E-state index contributed by atoms with van der Waals surface area (Å²) in [6, 6.07) is 15.2. The predicted molar refractivity (Wildman–Crippen MR) is 113 cm³/mol. The number of carbonyl (C=O) groups is 1. The number of phenolic OH excluding ortho intramolecular Hbond substituents is 1. The van der Waals surface area contributed by atoms with Gasteiger partial charge in [-0.15, -0.1) is 0 Å². The van der Waals surface area contributed by atoms with Gasteiger partial charge >= 0.3 is 0 Å². The molecule has 156 valence electrons. The maximum atomic E-state index is 14.6. The molecule has 0 amide bonds. The fourth-order valence-electron chi connectivity index (χ4n) is 3.33. The van der Waals surface area contributed by atoms with E-state index in [-0.39, 0.29) is 29.9 Å². The van der Waals surface area contributed by atoms with Gasteiger partial charge in [-0.1, -0.05) is 49.7 Å². The summed E-state index contributed by atoms with van der Waals surface area (Å²) in [6.45, 7) is 4.02. The monoisotopic (exact) mass is 410 g/mol. The third-order valence-corrected chi connectivity index (χ3v) is 4.91. The Balaban J connectivity index is 1.79. The van der Waals surface area contributed by atoms with Gasteiger partial charge in [0.25, 0.3) is 0 Å². The Morgan fingerprint density at radius 1 is 0.967 bits per heavy atom. The maximum absolute atomic E-state index is 14.6. The molecule has 0 unspecified atom stereocenters. The van der Waals surface area contributed by atoms with Gasteiger partial charge < -0.3 is 9.84 Å². The van der Waals surface area contributed by atoms with Crippen molar-refractivity contribution in [1.29, 1.82) is 0 Å². The van der Waals surface area contributed by atoms with Gasteiger partial charge in [-0.25, -0.2) is 4.39 Å². The van der Waals surface area contributed by atoms with Crippen molar-refractivity contribution < 1.29 is 23.4 Å². The number of carbonyl (C=O) groups excluding carboxylic acids is 1. The summed E-state index contributed by atoms with van der Waals surface area (Å²) >= 11 is 0. The molecule has 3 rings (SSSR count). The minimum absolute atomic E-state index is 0.132. The minimum Gasteiger partial charge on any atom is -0.504 e.